The van der Waals surface area contributed by atoms with Gasteiger partial charge in [0.1, 0.15) is 5.82 Å². The summed E-state index contributed by atoms with van der Waals surface area (Å²) < 4.78 is 46.6. The molecular weight excluding hydrogens is 574 g/mol. The van der Waals surface area contributed by atoms with Gasteiger partial charge in [-0.2, -0.15) is 0 Å². The molecule has 0 unspecified atom stereocenters. The summed E-state index contributed by atoms with van der Waals surface area (Å²) in [5.41, 5.74) is 3.37. The number of amides is 1. The molecule has 1 aliphatic carbocycles. The molecule has 5 rings (SSSR count). The Balaban J connectivity index is 1.52. The summed E-state index contributed by atoms with van der Waals surface area (Å²) in [5.74, 6) is -3.60. The maximum absolute atomic E-state index is 13.7. The third kappa shape index (κ3) is 7.44. The molecule has 5 nitrogen and oxygen atoms in total. The van der Waals surface area contributed by atoms with Crippen LogP contribution in [0, 0.1) is 5.82 Å². The van der Waals surface area contributed by atoms with E-state index in [0.29, 0.717) is 32.6 Å². The van der Waals surface area contributed by atoms with Crippen LogP contribution in [0.15, 0.2) is 72.8 Å². The smallest absolute Gasteiger partial charge is 0.272 e. The Morgan fingerprint density at radius 2 is 1.37 bits per heavy atom. The number of benzene rings is 3. The van der Waals surface area contributed by atoms with Crippen LogP contribution in [0.4, 0.5) is 13.2 Å². The van der Waals surface area contributed by atoms with Gasteiger partial charge < -0.3 is 10.1 Å². The third-order valence-electron chi connectivity index (χ3n) is 6.89. The minimum absolute atomic E-state index is 0.0316. The first kappa shape index (κ1) is 29.0. The highest BCUT2D eigenvalue weighted by Gasteiger charge is 2.36. The van der Waals surface area contributed by atoms with Crippen molar-refractivity contribution >= 4 is 29.1 Å². The number of halogens is 5. The average Bonchev–Trinajstić information content (AvgIpc) is 2.96. The van der Waals surface area contributed by atoms with Crippen molar-refractivity contribution < 1.29 is 22.7 Å². The predicted molar refractivity (Wildman–Crippen MR) is 152 cm³/mol. The molecule has 4 aromatic rings. The highest BCUT2D eigenvalue weighted by molar-refractivity contribution is 6.31. The number of carbonyl (C=O) groups is 1. The van der Waals surface area contributed by atoms with Crippen molar-refractivity contribution in [1.82, 2.24) is 15.3 Å². The fraction of sp³-hybridized carbons (Fsp3) is 0.258. The molecule has 1 aliphatic rings. The van der Waals surface area contributed by atoms with Crippen molar-refractivity contribution in [2.45, 2.75) is 50.9 Å². The van der Waals surface area contributed by atoms with Crippen LogP contribution in [0.2, 0.25) is 10.0 Å². The maximum atomic E-state index is 13.7. The Morgan fingerprint density at radius 3 is 1.93 bits per heavy atom. The molecule has 1 aromatic heterocycles. The van der Waals surface area contributed by atoms with Crippen molar-refractivity contribution in [2.75, 3.05) is 0 Å². The molecule has 0 aliphatic heterocycles. The number of carbonyl (C=O) groups excluding carboxylic acids is 1. The van der Waals surface area contributed by atoms with Crippen LogP contribution in [0.5, 0.6) is 0 Å². The van der Waals surface area contributed by atoms with Gasteiger partial charge in [-0.1, -0.05) is 59.6 Å². The Bertz CT molecular complexity index is 1510. The second-order valence-corrected chi connectivity index (χ2v) is 10.8. The summed E-state index contributed by atoms with van der Waals surface area (Å²) in [4.78, 5) is 23.2. The number of nitrogens with one attached hydrogen (secondary N) is 1. The van der Waals surface area contributed by atoms with Gasteiger partial charge in [-0.3, -0.25) is 4.79 Å². The molecule has 3 aromatic carbocycles. The van der Waals surface area contributed by atoms with E-state index in [0.717, 1.165) is 5.56 Å². The average molecular weight is 600 g/mol. The van der Waals surface area contributed by atoms with Gasteiger partial charge in [-0.15, -0.1) is 0 Å². The van der Waals surface area contributed by atoms with E-state index in [1.54, 1.807) is 60.7 Å². The molecule has 0 saturated heterocycles. The number of aromatic nitrogens is 2. The van der Waals surface area contributed by atoms with Crippen LogP contribution in [0.3, 0.4) is 0 Å². The number of ether oxygens (including phenoxy) is 1. The molecule has 0 radical (unpaired) electrons. The molecule has 1 heterocycles. The standard InChI is InChI=1S/C31H26Cl2F3N3O2/c32-22-7-3-20(4-8-22)27-28(21-5-9-23(33)10-6-21)39-29(30(40)37-25-13-15-31(35,36)16-14-25)26(38-27)18-41-17-19-1-11-24(34)12-2-19/h1-12,25H,13-18H2,(H,37,40). The highest BCUT2D eigenvalue weighted by atomic mass is 35.5. The van der Waals surface area contributed by atoms with Gasteiger partial charge in [0.2, 0.25) is 5.92 Å². The first-order chi connectivity index (χ1) is 19.7. The lowest BCUT2D eigenvalue weighted by atomic mass is 9.92. The van der Waals surface area contributed by atoms with Crippen LogP contribution in [-0.4, -0.2) is 27.8 Å². The lowest BCUT2D eigenvalue weighted by Crippen LogP contribution is -2.41. The SMILES string of the molecule is O=C(NC1CCC(F)(F)CC1)c1nc(-c2ccc(Cl)cc2)c(-c2ccc(Cl)cc2)nc1COCc1ccc(F)cc1. The molecule has 41 heavy (non-hydrogen) atoms. The minimum Gasteiger partial charge on any atom is -0.370 e. The number of hydrogen-bond donors (Lipinski definition) is 1. The maximum Gasteiger partial charge on any atom is 0.272 e. The van der Waals surface area contributed by atoms with Crippen LogP contribution >= 0.6 is 23.2 Å². The summed E-state index contributed by atoms with van der Waals surface area (Å²) in [6.07, 6.45) is -0.253. The van der Waals surface area contributed by atoms with Crippen molar-refractivity contribution in [3.8, 4) is 22.5 Å². The molecule has 1 amide bonds. The van der Waals surface area contributed by atoms with Crippen molar-refractivity contribution in [3.05, 3.63) is 106 Å². The molecule has 1 fully saturated rings. The topological polar surface area (TPSA) is 64.1 Å². The molecule has 0 bridgehead atoms. The molecule has 212 valence electrons. The van der Waals surface area contributed by atoms with Crippen LogP contribution in [0.1, 0.15) is 47.4 Å². The first-order valence-corrected chi connectivity index (χ1v) is 13.9. The Hall–Kier alpha value is -3.46. The van der Waals surface area contributed by atoms with Gasteiger partial charge in [-0.25, -0.2) is 23.1 Å². The summed E-state index contributed by atoms with van der Waals surface area (Å²) in [7, 11) is 0. The summed E-state index contributed by atoms with van der Waals surface area (Å²) in [6.45, 7) is 0.0767. The largest absolute Gasteiger partial charge is 0.370 e. The lowest BCUT2D eigenvalue weighted by Gasteiger charge is -2.28. The molecular formula is C31H26Cl2F3N3O2. The van der Waals surface area contributed by atoms with E-state index in [9.17, 15) is 18.0 Å². The molecule has 10 heteroatoms. The molecule has 1 saturated carbocycles. The zero-order valence-corrected chi connectivity index (χ0v) is 23.4. The van der Waals surface area contributed by atoms with Crippen molar-refractivity contribution in [1.29, 1.82) is 0 Å². The second kappa shape index (κ2) is 12.6. The molecule has 0 atom stereocenters. The first-order valence-electron chi connectivity index (χ1n) is 13.1. The van der Waals surface area contributed by atoms with E-state index < -0.39 is 17.9 Å². The Labute approximate surface area is 245 Å². The fourth-order valence-electron chi connectivity index (χ4n) is 4.66. The number of nitrogens with zero attached hydrogens (tertiary/aromatic N) is 2. The van der Waals surface area contributed by atoms with E-state index in [1.807, 2.05) is 0 Å². The van der Waals surface area contributed by atoms with Gasteiger partial charge >= 0.3 is 0 Å². The van der Waals surface area contributed by atoms with E-state index in [-0.39, 0.29) is 56.1 Å². The van der Waals surface area contributed by atoms with Gasteiger partial charge in [0.25, 0.3) is 5.91 Å². The van der Waals surface area contributed by atoms with E-state index in [4.69, 9.17) is 37.9 Å². The molecule has 0 spiro atoms. The normalized spacial score (nSPS) is 15.0. The number of rotatable bonds is 8. The van der Waals surface area contributed by atoms with Gasteiger partial charge in [-0.05, 0) is 54.8 Å². The number of alkyl halides is 2. The summed E-state index contributed by atoms with van der Waals surface area (Å²) in [6, 6.07) is 19.5. The van der Waals surface area contributed by atoms with Crippen LogP contribution in [0.25, 0.3) is 22.5 Å². The van der Waals surface area contributed by atoms with Gasteiger partial charge in [0.05, 0.1) is 30.3 Å². The zero-order valence-electron chi connectivity index (χ0n) is 21.8. The van der Waals surface area contributed by atoms with Crippen LogP contribution in [-0.2, 0) is 18.0 Å². The summed E-state index contributed by atoms with van der Waals surface area (Å²) >= 11 is 12.2. The number of hydrogen-bond acceptors (Lipinski definition) is 4. The lowest BCUT2D eigenvalue weighted by molar-refractivity contribution is -0.0399. The molecule has 1 N–H and O–H groups in total. The zero-order chi connectivity index (χ0) is 29.0. The second-order valence-electron chi connectivity index (χ2n) is 9.95. The summed E-state index contributed by atoms with van der Waals surface area (Å²) in [5, 5.41) is 3.95. The third-order valence-corrected chi connectivity index (χ3v) is 7.40. The Kier molecular flexibility index (Phi) is 8.92. The van der Waals surface area contributed by atoms with Crippen LogP contribution < -0.4 is 5.32 Å². The predicted octanol–water partition coefficient (Wildman–Crippen LogP) is 8.28. The minimum atomic E-state index is -2.72. The van der Waals surface area contributed by atoms with Crippen molar-refractivity contribution in [3.63, 3.8) is 0 Å². The monoisotopic (exact) mass is 599 g/mol. The highest BCUT2D eigenvalue weighted by Crippen LogP contribution is 2.34. The van der Waals surface area contributed by atoms with Gasteiger partial charge in [0.15, 0.2) is 5.69 Å². The quantitative estimate of drug-likeness (QED) is 0.221. The van der Waals surface area contributed by atoms with E-state index >= 15 is 0 Å². The van der Waals surface area contributed by atoms with Crippen molar-refractivity contribution in [2.24, 2.45) is 0 Å². The fourth-order valence-corrected chi connectivity index (χ4v) is 4.91. The van der Waals surface area contributed by atoms with Gasteiger partial charge in [0, 0.05) is 40.1 Å². The Morgan fingerprint density at radius 1 is 0.829 bits per heavy atom. The van der Waals surface area contributed by atoms with E-state index in [1.165, 1.54) is 12.1 Å². The van der Waals surface area contributed by atoms with E-state index in [2.05, 4.69) is 5.32 Å².